The number of carbonyl (C=O) groups excluding carboxylic acids is 2. The third kappa shape index (κ3) is 8.14. The highest BCUT2D eigenvalue weighted by Gasteiger charge is 2.32. The van der Waals surface area contributed by atoms with E-state index in [2.05, 4.69) is 5.32 Å². The summed E-state index contributed by atoms with van der Waals surface area (Å²) in [4.78, 5) is 28.1. The molecule has 0 unspecified atom stereocenters. The summed E-state index contributed by atoms with van der Waals surface area (Å²) in [5.41, 5.74) is 1.10. The molecule has 1 N–H and O–H groups in total. The largest absolute Gasteiger partial charge is 0.497 e. The van der Waals surface area contributed by atoms with Gasteiger partial charge >= 0.3 is 0 Å². The van der Waals surface area contributed by atoms with Gasteiger partial charge in [-0.05, 0) is 61.7 Å². The minimum atomic E-state index is -3.79. The number of nitrogens with one attached hydrogen (secondary N) is 1. The summed E-state index contributed by atoms with van der Waals surface area (Å²) in [6.07, 6.45) is 2.15. The average molecular weight is 524 g/mol. The fourth-order valence-corrected chi connectivity index (χ4v) is 4.48. The minimum Gasteiger partial charge on any atom is -0.497 e. The van der Waals surface area contributed by atoms with Crippen molar-refractivity contribution in [2.75, 3.05) is 24.2 Å². The van der Waals surface area contributed by atoms with Crippen molar-refractivity contribution in [3.8, 4) is 5.75 Å². The van der Waals surface area contributed by atoms with Crippen LogP contribution in [0.25, 0.3) is 0 Å². The molecule has 0 spiro atoms. The van der Waals surface area contributed by atoms with Gasteiger partial charge in [0.2, 0.25) is 21.8 Å². The highest BCUT2D eigenvalue weighted by Crippen LogP contribution is 2.23. The molecule has 8 nitrogen and oxygen atoms in total. The predicted molar refractivity (Wildman–Crippen MR) is 139 cm³/mol. The maximum Gasteiger partial charge on any atom is 0.244 e. The zero-order valence-electron chi connectivity index (χ0n) is 20.8. The molecule has 2 amide bonds. The summed E-state index contributed by atoms with van der Waals surface area (Å²) < 4.78 is 31.4. The van der Waals surface area contributed by atoms with E-state index in [9.17, 15) is 18.0 Å². The molecule has 2 aromatic carbocycles. The van der Waals surface area contributed by atoms with E-state index in [0.717, 1.165) is 22.5 Å². The van der Waals surface area contributed by atoms with Crippen molar-refractivity contribution in [2.45, 2.75) is 52.2 Å². The van der Waals surface area contributed by atoms with Gasteiger partial charge in [-0.2, -0.15) is 0 Å². The Labute approximate surface area is 213 Å². The van der Waals surface area contributed by atoms with E-state index in [0.29, 0.717) is 22.9 Å². The van der Waals surface area contributed by atoms with Gasteiger partial charge in [-0.25, -0.2) is 8.42 Å². The number of amides is 2. The van der Waals surface area contributed by atoms with Crippen molar-refractivity contribution < 1.29 is 22.7 Å². The summed E-state index contributed by atoms with van der Waals surface area (Å²) in [6.45, 7) is 5.35. The molecule has 0 aliphatic heterocycles. The molecular formula is C25H34ClN3O5S. The summed E-state index contributed by atoms with van der Waals surface area (Å²) in [7, 11) is -2.28. The van der Waals surface area contributed by atoms with Crippen LogP contribution in [0.4, 0.5) is 5.69 Å². The van der Waals surface area contributed by atoms with E-state index in [1.54, 1.807) is 48.5 Å². The van der Waals surface area contributed by atoms with Gasteiger partial charge in [-0.15, -0.1) is 0 Å². The van der Waals surface area contributed by atoms with Gasteiger partial charge in [0, 0.05) is 17.6 Å². The molecule has 0 aliphatic rings. The number of rotatable bonds is 12. The lowest BCUT2D eigenvalue weighted by atomic mass is 10.1. The molecule has 2 atom stereocenters. The van der Waals surface area contributed by atoms with Crippen LogP contribution in [0.1, 0.15) is 39.2 Å². The van der Waals surface area contributed by atoms with E-state index in [1.807, 2.05) is 20.8 Å². The topological polar surface area (TPSA) is 96.0 Å². The smallest absolute Gasteiger partial charge is 0.244 e. The van der Waals surface area contributed by atoms with Crippen molar-refractivity contribution in [1.29, 1.82) is 0 Å². The predicted octanol–water partition coefficient (Wildman–Crippen LogP) is 3.84. The second kappa shape index (κ2) is 12.8. The Morgan fingerprint density at radius 3 is 2.11 bits per heavy atom. The maximum atomic E-state index is 13.6. The minimum absolute atomic E-state index is 0.0594. The van der Waals surface area contributed by atoms with Gasteiger partial charge in [0.05, 0.1) is 19.1 Å². The summed E-state index contributed by atoms with van der Waals surface area (Å²) in [5.74, 6) is -0.211. The van der Waals surface area contributed by atoms with Gasteiger partial charge in [0.1, 0.15) is 18.3 Å². The SMILES string of the molecule is CC[C@H](C(=O)N[C@@H](C)CC)N(Cc1ccc(Cl)cc1)C(=O)CN(c1ccc(OC)cc1)S(C)(=O)=O. The Hall–Kier alpha value is -2.78. The van der Waals surface area contributed by atoms with E-state index >= 15 is 0 Å². The standard InChI is InChI=1S/C25H34ClN3O5S/c1-6-18(3)27-25(31)23(7-2)28(16-19-8-10-20(26)11-9-19)24(30)17-29(35(5,32)33)21-12-14-22(34-4)15-13-21/h8-15,18,23H,6-7,16-17H2,1-5H3,(H,27,31)/t18-,23+/m0/s1. The lowest BCUT2D eigenvalue weighted by Crippen LogP contribution is -2.53. The second-order valence-electron chi connectivity index (χ2n) is 8.36. The summed E-state index contributed by atoms with van der Waals surface area (Å²) in [6, 6.07) is 12.5. The first-order valence-corrected chi connectivity index (χ1v) is 13.7. The monoisotopic (exact) mass is 523 g/mol. The molecular weight excluding hydrogens is 490 g/mol. The van der Waals surface area contributed by atoms with Crippen LogP contribution in [-0.4, -0.2) is 57.1 Å². The quantitative estimate of drug-likeness (QED) is 0.456. The first-order valence-electron chi connectivity index (χ1n) is 11.5. The van der Waals surface area contributed by atoms with Crippen molar-refractivity contribution >= 4 is 39.1 Å². The van der Waals surface area contributed by atoms with Gasteiger partial charge in [0.15, 0.2) is 0 Å². The molecule has 0 heterocycles. The normalized spacial score (nSPS) is 13.0. The first-order chi connectivity index (χ1) is 16.5. The van der Waals surface area contributed by atoms with Crippen LogP contribution >= 0.6 is 11.6 Å². The third-order valence-corrected chi connectivity index (χ3v) is 7.09. The zero-order chi connectivity index (χ0) is 26.2. The number of anilines is 1. The van der Waals surface area contributed by atoms with Crippen LogP contribution in [0.3, 0.4) is 0 Å². The number of halogens is 1. The van der Waals surface area contributed by atoms with E-state index in [4.69, 9.17) is 16.3 Å². The zero-order valence-corrected chi connectivity index (χ0v) is 22.4. The molecule has 0 aromatic heterocycles. The van der Waals surface area contributed by atoms with E-state index < -0.39 is 28.5 Å². The van der Waals surface area contributed by atoms with Gasteiger partial charge in [-0.1, -0.05) is 37.6 Å². The lowest BCUT2D eigenvalue weighted by Gasteiger charge is -2.33. The van der Waals surface area contributed by atoms with Gasteiger partial charge in [0.25, 0.3) is 0 Å². The Morgan fingerprint density at radius 1 is 1.03 bits per heavy atom. The number of ether oxygens (including phenoxy) is 1. The highest BCUT2D eigenvalue weighted by atomic mass is 35.5. The number of nitrogens with zero attached hydrogens (tertiary/aromatic N) is 2. The van der Waals surface area contributed by atoms with Crippen LogP contribution in [0, 0.1) is 0 Å². The molecule has 0 radical (unpaired) electrons. The summed E-state index contributed by atoms with van der Waals surface area (Å²) >= 11 is 6.01. The van der Waals surface area contributed by atoms with Gasteiger partial charge in [-0.3, -0.25) is 13.9 Å². The molecule has 2 rings (SSSR count). The third-order valence-electron chi connectivity index (χ3n) is 5.69. The molecule has 192 valence electrons. The van der Waals surface area contributed by atoms with Crippen LogP contribution in [-0.2, 0) is 26.2 Å². The van der Waals surface area contributed by atoms with E-state index in [-0.39, 0.29) is 18.5 Å². The van der Waals surface area contributed by atoms with Crippen LogP contribution in [0.15, 0.2) is 48.5 Å². The number of hydrogen-bond acceptors (Lipinski definition) is 5. The highest BCUT2D eigenvalue weighted by molar-refractivity contribution is 7.92. The molecule has 0 saturated heterocycles. The Kier molecular flexibility index (Phi) is 10.4. The fraction of sp³-hybridized carbons (Fsp3) is 0.440. The van der Waals surface area contributed by atoms with Crippen molar-refractivity contribution in [1.82, 2.24) is 10.2 Å². The fourth-order valence-electron chi connectivity index (χ4n) is 3.51. The van der Waals surface area contributed by atoms with Crippen molar-refractivity contribution in [3.63, 3.8) is 0 Å². The Bertz CT molecular complexity index is 1090. The number of benzene rings is 2. The molecule has 2 aromatic rings. The molecule has 0 saturated carbocycles. The van der Waals surface area contributed by atoms with Crippen molar-refractivity contribution in [3.05, 3.63) is 59.1 Å². The molecule has 35 heavy (non-hydrogen) atoms. The summed E-state index contributed by atoms with van der Waals surface area (Å²) in [5, 5.41) is 3.49. The number of hydrogen-bond donors (Lipinski definition) is 1. The molecule has 10 heteroatoms. The Morgan fingerprint density at radius 2 is 1.63 bits per heavy atom. The molecule has 0 bridgehead atoms. The van der Waals surface area contributed by atoms with E-state index in [1.165, 1.54) is 12.0 Å². The van der Waals surface area contributed by atoms with Crippen LogP contribution in [0.2, 0.25) is 5.02 Å². The Balaban J connectivity index is 2.42. The van der Waals surface area contributed by atoms with Crippen molar-refractivity contribution in [2.24, 2.45) is 0 Å². The second-order valence-corrected chi connectivity index (χ2v) is 10.7. The maximum absolute atomic E-state index is 13.6. The van der Waals surface area contributed by atoms with Gasteiger partial charge < -0.3 is 15.0 Å². The first kappa shape index (κ1) is 28.5. The lowest BCUT2D eigenvalue weighted by molar-refractivity contribution is -0.140. The van der Waals surface area contributed by atoms with Crippen LogP contribution in [0.5, 0.6) is 5.75 Å². The number of sulfonamides is 1. The molecule has 0 aliphatic carbocycles. The average Bonchev–Trinajstić information content (AvgIpc) is 2.82. The molecule has 0 fully saturated rings. The number of methoxy groups -OCH3 is 1. The number of carbonyl (C=O) groups is 2. The van der Waals surface area contributed by atoms with Crippen LogP contribution < -0.4 is 14.4 Å².